The molecule has 0 aliphatic heterocycles. The normalized spacial score (nSPS) is 13.2. The molecule has 0 amide bonds. The van der Waals surface area contributed by atoms with Crippen LogP contribution >= 0.6 is 0 Å². The second kappa shape index (κ2) is 2.74. The molecule has 0 spiro atoms. The summed E-state index contributed by atoms with van der Waals surface area (Å²) in [7, 11) is -5.21. The van der Waals surface area contributed by atoms with Crippen LogP contribution < -0.4 is 0 Å². The zero-order valence-corrected chi connectivity index (χ0v) is 6.65. The number of halogens is 3. The third kappa shape index (κ3) is 2.01. The van der Waals surface area contributed by atoms with E-state index in [2.05, 4.69) is 4.42 Å². The average molecular weight is 215 g/mol. The van der Waals surface area contributed by atoms with Crippen molar-refractivity contribution < 1.29 is 30.6 Å². The van der Waals surface area contributed by atoms with Crippen LogP contribution in [0.4, 0.5) is 13.2 Å². The Balaban J connectivity index is 3.35. The molecule has 8 heteroatoms. The van der Waals surface area contributed by atoms with E-state index in [1.165, 1.54) is 0 Å². The van der Waals surface area contributed by atoms with Gasteiger partial charge in [-0.05, 0) is 6.07 Å². The molecule has 0 aromatic carbocycles. The second-order valence-electron chi connectivity index (χ2n) is 2.07. The second-order valence-corrected chi connectivity index (χ2v) is 3.35. The van der Waals surface area contributed by atoms with Gasteiger partial charge in [-0.1, -0.05) is 0 Å². The Kier molecular flexibility index (Phi) is 2.12. The quantitative estimate of drug-likeness (QED) is 0.660. The Labute approximate surface area is 70.7 Å². The minimum absolute atomic E-state index is 0.380. The molecule has 0 fully saturated rings. The van der Waals surface area contributed by atoms with Gasteiger partial charge in [0, 0.05) is 0 Å². The van der Waals surface area contributed by atoms with Gasteiger partial charge >= 0.3 is 6.18 Å². The summed E-state index contributed by atoms with van der Waals surface area (Å²) in [4.78, 5) is 0. The zero-order chi connectivity index (χ0) is 10.3. The highest BCUT2D eigenvalue weighted by molar-refractivity contribution is 7.85. The lowest BCUT2D eigenvalue weighted by Gasteiger charge is -2.08. The topological polar surface area (TPSA) is 70.3 Å². The predicted octanol–water partition coefficient (Wildman–Crippen LogP) is 1.20. The van der Waals surface area contributed by atoms with Gasteiger partial charge in [0.1, 0.15) is 5.56 Å². The van der Waals surface area contributed by atoms with Gasteiger partial charge < -0.3 is 8.97 Å². The van der Waals surface area contributed by atoms with Crippen LogP contribution in [0.5, 0.6) is 0 Å². The van der Waals surface area contributed by atoms with Gasteiger partial charge in [-0.25, -0.2) is 8.42 Å². The van der Waals surface area contributed by atoms with Crippen molar-refractivity contribution >= 4 is 10.1 Å². The first kappa shape index (κ1) is 10.1. The lowest BCUT2D eigenvalue weighted by atomic mass is 10.3. The van der Waals surface area contributed by atoms with Crippen molar-refractivity contribution in [3.05, 3.63) is 17.9 Å². The minimum atomic E-state index is -5.21. The molecule has 0 saturated heterocycles. The van der Waals surface area contributed by atoms with Gasteiger partial charge in [-0.3, -0.25) is 0 Å². The third-order valence-corrected chi connectivity index (χ3v) is 1.93. The first-order valence-corrected chi connectivity index (χ1v) is 4.24. The van der Waals surface area contributed by atoms with Gasteiger partial charge in [0.2, 0.25) is 5.09 Å². The van der Waals surface area contributed by atoms with E-state index in [1.54, 1.807) is 0 Å². The fourth-order valence-corrected chi connectivity index (χ4v) is 1.33. The number of furan rings is 1. The SMILES string of the molecule is O=S(=O)([O-])c1occc1C(F)(F)F. The molecule has 0 bridgehead atoms. The smallest absolute Gasteiger partial charge is 0.420 e. The fourth-order valence-electron chi connectivity index (χ4n) is 0.699. The Morgan fingerprint density at radius 3 is 2.23 bits per heavy atom. The van der Waals surface area contributed by atoms with Crippen molar-refractivity contribution in [2.75, 3.05) is 0 Å². The molecule has 1 rings (SSSR count). The molecule has 13 heavy (non-hydrogen) atoms. The van der Waals surface area contributed by atoms with Crippen LogP contribution in [-0.4, -0.2) is 13.0 Å². The summed E-state index contributed by atoms with van der Waals surface area (Å²) in [5.41, 5.74) is -1.58. The Hall–Kier alpha value is -1.02. The molecule has 1 heterocycles. The molecular formula is C5H2F3O4S-. The largest absolute Gasteiger partial charge is 0.742 e. The molecule has 0 aliphatic rings. The summed E-state index contributed by atoms with van der Waals surface area (Å²) in [6, 6.07) is 0.380. The molecule has 0 N–H and O–H groups in total. The molecule has 4 nitrogen and oxygen atoms in total. The number of hydrogen-bond donors (Lipinski definition) is 0. The van der Waals surface area contributed by atoms with Crippen LogP contribution in [0.1, 0.15) is 5.56 Å². The van der Waals surface area contributed by atoms with E-state index in [1.807, 2.05) is 0 Å². The first-order chi connectivity index (χ1) is 5.73. The van der Waals surface area contributed by atoms with Crippen molar-refractivity contribution in [3.63, 3.8) is 0 Å². The molecular weight excluding hydrogens is 213 g/mol. The Morgan fingerprint density at radius 2 is 1.92 bits per heavy atom. The zero-order valence-electron chi connectivity index (χ0n) is 5.83. The van der Waals surface area contributed by atoms with Crippen molar-refractivity contribution in [1.29, 1.82) is 0 Å². The van der Waals surface area contributed by atoms with E-state index in [4.69, 9.17) is 0 Å². The maximum absolute atomic E-state index is 11.9. The Morgan fingerprint density at radius 1 is 1.38 bits per heavy atom. The molecule has 0 radical (unpaired) electrons. The van der Waals surface area contributed by atoms with Crippen molar-refractivity contribution in [2.24, 2.45) is 0 Å². The predicted molar refractivity (Wildman–Crippen MR) is 31.7 cm³/mol. The van der Waals surface area contributed by atoms with Gasteiger partial charge in [0.25, 0.3) is 0 Å². The maximum atomic E-state index is 11.9. The van der Waals surface area contributed by atoms with Crippen LogP contribution in [0.2, 0.25) is 0 Å². The summed E-state index contributed by atoms with van der Waals surface area (Å²) in [6.45, 7) is 0. The van der Waals surface area contributed by atoms with Crippen molar-refractivity contribution in [3.8, 4) is 0 Å². The van der Waals surface area contributed by atoms with E-state index >= 15 is 0 Å². The van der Waals surface area contributed by atoms with Gasteiger partial charge in [-0.2, -0.15) is 13.2 Å². The van der Waals surface area contributed by atoms with Gasteiger partial charge in [0.05, 0.1) is 6.26 Å². The molecule has 0 unspecified atom stereocenters. The van der Waals surface area contributed by atoms with Crippen LogP contribution in [0.3, 0.4) is 0 Å². The highest BCUT2D eigenvalue weighted by Crippen LogP contribution is 2.34. The molecule has 1 aromatic heterocycles. The summed E-state index contributed by atoms with van der Waals surface area (Å²) in [5, 5.41) is -1.60. The Bertz CT molecular complexity index is 402. The molecule has 0 atom stereocenters. The minimum Gasteiger partial charge on any atom is -0.742 e. The van der Waals surface area contributed by atoms with E-state index in [0.717, 1.165) is 0 Å². The summed E-state index contributed by atoms with van der Waals surface area (Å²) in [6.07, 6.45) is -4.41. The lowest BCUT2D eigenvalue weighted by Crippen LogP contribution is -2.10. The van der Waals surface area contributed by atoms with Crippen LogP contribution in [-0.2, 0) is 16.3 Å². The van der Waals surface area contributed by atoms with E-state index in [-0.39, 0.29) is 0 Å². The van der Waals surface area contributed by atoms with Crippen molar-refractivity contribution in [1.82, 2.24) is 0 Å². The van der Waals surface area contributed by atoms with Gasteiger partial charge in [-0.15, -0.1) is 0 Å². The van der Waals surface area contributed by atoms with Gasteiger partial charge in [0.15, 0.2) is 10.1 Å². The van der Waals surface area contributed by atoms with E-state index < -0.39 is 27.0 Å². The highest BCUT2D eigenvalue weighted by atomic mass is 32.2. The molecule has 1 aromatic rings. The summed E-state index contributed by atoms with van der Waals surface area (Å²) >= 11 is 0. The van der Waals surface area contributed by atoms with Crippen molar-refractivity contribution in [2.45, 2.75) is 11.3 Å². The number of alkyl halides is 3. The van der Waals surface area contributed by atoms with Crippen LogP contribution in [0.15, 0.2) is 21.8 Å². The van der Waals surface area contributed by atoms with Crippen LogP contribution in [0, 0.1) is 0 Å². The highest BCUT2D eigenvalue weighted by Gasteiger charge is 2.37. The first-order valence-electron chi connectivity index (χ1n) is 2.83. The average Bonchev–Trinajstić information content (AvgIpc) is 2.27. The summed E-state index contributed by atoms with van der Waals surface area (Å²) in [5.74, 6) is 0. The summed E-state index contributed by atoms with van der Waals surface area (Å²) < 4.78 is 70.4. The fraction of sp³-hybridized carbons (Fsp3) is 0.200. The van der Waals surface area contributed by atoms with Crippen LogP contribution in [0.25, 0.3) is 0 Å². The number of hydrogen-bond acceptors (Lipinski definition) is 4. The number of rotatable bonds is 1. The monoisotopic (exact) mass is 215 g/mol. The lowest BCUT2D eigenvalue weighted by molar-refractivity contribution is -0.141. The standard InChI is InChI=1S/C5H3F3O4S/c6-5(7,8)3-1-2-12-4(3)13(9,10)11/h1-2H,(H,9,10,11)/p-1. The van der Waals surface area contributed by atoms with E-state index in [9.17, 15) is 26.1 Å². The maximum Gasteiger partial charge on any atom is 0.420 e. The molecule has 0 saturated carbocycles. The van der Waals surface area contributed by atoms with E-state index in [0.29, 0.717) is 12.3 Å². The molecule has 0 aliphatic carbocycles. The third-order valence-electron chi connectivity index (χ3n) is 1.16. The molecule has 74 valence electrons.